The fourth-order valence-corrected chi connectivity index (χ4v) is 5.63. The Morgan fingerprint density at radius 3 is 2.47 bits per heavy atom. The lowest BCUT2D eigenvalue weighted by Gasteiger charge is -2.35. The molecule has 0 unspecified atom stereocenters. The highest BCUT2D eigenvalue weighted by molar-refractivity contribution is 6.35. The van der Waals surface area contributed by atoms with E-state index in [4.69, 9.17) is 33.2 Å². The first-order valence-corrected chi connectivity index (χ1v) is 13.4. The lowest BCUT2D eigenvalue weighted by molar-refractivity contribution is 0.233. The van der Waals surface area contributed by atoms with E-state index in [1.807, 2.05) is 12.1 Å². The maximum atomic E-state index is 6.39. The maximum Gasteiger partial charge on any atom is 0.227 e. The topological polar surface area (TPSA) is 59.6 Å². The number of nitrogens with one attached hydrogen (secondary N) is 2. The molecule has 0 spiro atoms. The van der Waals surface area contributed by atoms with Gasteiger partial charge in [-0.25, -0.2) is 4.98 Å². The number of halogens is 2. The number of likely N-dealkylation sites (tertiary alicyclic amines) is 1. The van der Waals surface area contributed by atoms with Gasteiger partial charge in [-0.05, 0) is 63.1 Å². The van der Waals surface area contributed by atoms with Crippen molar-refractivity contribution in [2.24, 2.45) is 0 Å². The van der Waals surface area contributed by atoms with Gasteiger partial charge in [0, 0.05) is 67.8 Å². The molecule has 4 heterocycles. The number of aromatic nitrogens is 2. The second-order valence-corrected chi connectivity index (χ2v) is 10.4. The number of fused-ring (bicyclic) bond motifs is 1. The monoisotopic (exact) mass is 503 g/mol. The number of rotatable bonds is 8. The van der Waals surface area contributed by atoms with E-state index in [-0.39, 0.29) is 0 Å². The SMILES string of the molecule is Clc1ccc(CNc2nc(N3CCN(CCCN4CCCC4)CC3)nc3c2CNCC3)c(Cl)c1. The van der Waals surface area contributed by atoms with Crippen molar-refractivity contribution in [2.45, 2.75) is 38.8 Å². The Kier molecular flexibility index (Phi) is 8.07. The average Bonchev–Trinajstić information content (AvgIpc) is 3.37. The number of hydrogen-bond acceptors (Lipinski definition) is 7. The van der Waals surface area contributed by atoms with Gasteiger partial charge in [-0.2, -0.15) is 4.98 Å². The van der Waals surface area contributed by atoms with Gasteiger partial charge < -0.3 is 20.4 Å². The van der Waals surface area contributed by atoms with E-state index in [2.05, 4.69) is 25.3 Å². The molecule has 0 radical (unpaired) electrons. The van der Waals surface area contributed by atoms with E-state index in [1.165, 1.54) is 51.0 Å². The molecular formula is C25H35Cl2N7. The Hall–Kier alpha value is -1.64. The van der Waals surface area contributed by atoms with Crippen molar-refractivity contribution in [1.29, 1.82) is 0 Å². The van der Waals surface area contributed by atoms with E-state index in [0.717, 1.165) is 68.7 Å². The Morgan fingerprint density at radius 2 is 1.71 bits per heavy atom. The van der Waals surface area contributed by atoms with Crippen LogP contribution in [0.5, 0.6) is 0 Å². The van der Waals surface area contributed by atoms with E-state index in [0.29, 0.717) is 16.6 Å². The quantitative estimate of drug-likeness (QED) is 0.569. The number of hydrogen-bond donors (Lipinski definition) is 2. The van der Waals surface area contributed by atoms with Gasteiger partial charge in [0.15, 0.2) is 0 Å². The third-order valence-electron chi connectivity index (χ3n) is 7.19. The normalized spacial score (nSPS) is 19.4. The van der Waals surface area contributed by atoms with Gasteiger partial charge in [-0.15, -0.1) is 0 Å². The summed E-state index contributed by atoms with van der Waals surface area (Å²) < 4.78 is 0. The third-order valence-corrected chi connectivity index (χ3v) is 7.77. The van der Waals surface area contributed by atoms with E-state index in [9.17, 15) is 0 Å². The molecule has 1 aromatic carbocycles. The molecule has 0 atom stereocenters. The molecular weight excluding hydrogens is 469 g/mol. The molecule has 9 heteroatoms. The molecule has 2 aromatic rings. The van der Waals surface area contributed by atoms with Crippen LogP contribution in [0.25, 0.3) is 0 Å². The average molecular weight is 505 g/mol. The van der Waals surface area contributed by atoms with Crippen molar-refractivity contribution in [1.82, 2.24) is 25.1 Å². The van der Waals surface area contributed by atoms with Crippen LogP contribution in [0.1, 0.15) is 36.1 Å². The van der Waals surface area contributed by atoms with Gasteiger partial charge in [-0.3, -0.25) is 4.90 Å². The fourth-order valence-electron chi connectivity index (χ4n) is 5.16. The Bertz CT molecular complexity index is 972. The number of anilines is 2. The van der Waals surface area contributed by atoms with Crippen molar-refractivity contribution in [3.8, 4) is 0 Å². The molecule has 2 saturated heterocycles. The van der Waals surface area contributed by atoms with Crippen molar-refractivity contribution in [3.63, 3.8) is 0 Å². The summed E-state index contributed by atoms with van der Waals surface area (Å²) in [6.07, 6.45) is 4.94. The molecule has 3 aliphatic heterocycles. The molecule has 2 N–H and O–H groups in total. The first-order valence-electron chi connectivity index (χ1n) is 12.6. The zero-order valence-corrected chi connectivity index (χ0v) is 21.3. The molecule has 7 nitrogen and oxygen atoms in total. The van der Waals surface area contributed by atoms with Crippen LogP contribution >= 0.6 is 23.2 Å². The summed E-state index contributed by atoms with van der Waals surface area (Å²) in [4.78, 5) is 17.5. The standard InChI is InChI=1S/C25H35Cl2N7/c26-20-5-4-19(22(27)16-20)17-29-24-21-18-28-7-6-23(21)30-25(31-24)34-14-12-33(13-15-34)11-3-10-32-8-1-2-9-32/h4-5,16,28H,1-3,6-15,17-18H2,(H,29,30,31). The van der Waals surface area contributed by atoms with Crippen molar-refractivity contribution >= 4 is 35.0 Å². The van der Waals surface area contributed by atoms with Crippen molar-refractivity contribution in [2.75, 3.05) is 69.1 Å². The summed E-state index contributed by atoms with van der Waals surface area (Å²) in [5.74, 6) is 1.76. The second-order valence-electron chi connectivity index (χ2n) is 9.54. The highest BCUT2D eigenvalue weighted by atomic mass is 35.5. The fraction of sp³-hybridized carbons (Fsp3) is 0.600. The zero-order chi connectivity index (χ0) is 23.3. The van der Waals surface area contributed by atoms with Crippen LogP contribution in [0.3, 0.4) is 0 Å². The van der Waals surface area contributed by atoms with Crippen LogP contribution in [0.2, 0.25) is 10.0 Å². The van der Waals surface area contributed by atoms with Crippen molar-refractivity contribution in [3.05, 3.63) is 45.1 Å². The largest absolute Gasteiger partial charge is 0.365 e. The van der Waals surface area contributed by atoms with E-state index >= 15 is 0 Å². The van der Waals surface area contributed by atoms with E-state index < -0.39 is 0 Å². The third kappa shape index (κ3) is 5.94. The number of nitrogens with zero attached hydrogens (tertiary/aromatic N) is 5. The van der Waals surface area contributed by atoms with Gasteiger partial charge in [0.25, 0.3) is 0 Å². The maximum absolute atomic E-state index is 6.39. The summed E-state index contributed by atoms with van der Waals surface area (Å²) in [6.45, 7) is 11.5. The predicted molar refractivity (Wildman–Crippen MR) is 140 cm³/mol. The smallest absolute Gasteiger partial charge is 0.227 e. The molecule has 0 amide bonds. The molecule has 1 aromatic heterocycles. The van der Waals surface area contributed by atoms with Crippen molar-refractivity contribution < 1.29 is 0 Å². The highest BCUT2D eigenvalue weighted by Gasteiger charge is 2.23. The van der Waals surface area contributed by atoms with Gasteiger partial charge >= 0.3 is 0 Å². The minimum Gasteiger partial charge on any atom is -0.365 e. The summed E-state index contributed by atoms with van der Waals surface area (Å²) >= 11 is 12.5. The minimum atomic E-state index is 0.601. The number of benzene rings is 1. The Morgan fingerprint density at radius 1 is 0.941 bits per heavy atom. The van der Waals surface area contributed by atoms with Gasteiger partial charge in [-0.1, -0.05) is 29.3 Å². The number of piperazine rings is 1. The predicted octanol–water partition coefficient (Wildman–Crippen LogP) is 3.65. The summed E-state index contributed by atoms with van der Waals surface area (Å²) in [5, 5.41) is 8.30. The Balaban J connectivity index is 1.21. The molecule has 0 saturated carbocycles. The summed E-state index contributed by atoms with van der Waals surface area (Å²) in [6, 6.07) is 5.62. The molecule has 2 fully saturated rings. The molecule has 0 aliphatic carbocycles. The molecule has 34 heavy (non-hydrogen) atoms. The van der Waals surface area contributed by atoms with Crippen LogP contribution in [0, 0.1) is 0 Å². The molecule has 184 valence electrons. The van der Waals surface area contributed by atoms with E-state index in [1.54, 1.807) is 6.07 Å². The first-order chi connectivity index (χ1) is 16.7. The second kappa shape index (κ2) is 11.4. The first kappa shape index (κ1) is 24.1. The lowest BCUT2D eigenvalue weighted by Crippen LogP contribution is -2.47. The van der Waals surface area contributed by atoms with Gasteiger partial charge in [0.05, 0.1) is 5.69 Å². The van der Waals surface area contributed by atoms with Crippen LogP contribution in [0.4, 0.5) is 11.8 Å². The minimum absolute atomic E-state index is 0.601. The molecule has 0 bridgehead atoms. The molecule has 3 aliphatic rings. The summed E-state index contributed by atoms with van der Waals surface area (Å²) in [5.41, 5.74) is 3.33. The summed E-state index contributed by atoms with van der Waals surface area (Å²) in [7, 11) is 0. The lowest BCUT2D eigenvalue weighted by atomic mass is 10.1. The van der Waals surface area contributed by atoms with Crippen LogP contribution in [-0.4, -0.2) is 78.7 Å². The Labute approximate surface area is 212 Å². The molecule has 5 rings (SSSR count). The van der Waals surface area contributed by atoms with Crippen LogP contribution in [0.15, 0.2) is 18.2 Å². The van der Waals surface area contributed by atoms with Crippen LogP contribution in [-0.2, 0) is 19.5 Å². The zero-order valence-electron chi connectivity index (χ0n) is 19.8. The highest BCUT2D eigenvalue weighted by Crippen LogP contribution is 2.26. The van der Waals surface area contributed by atoms with Gasteiger partial charge in [0.2, 0.25) is 5.95 Å². The van der Waals surface area contributed by atoms with Crippen LogP contribution < -0.4 is 15.5 Å². The van der Waals surface area contributed by atoms with Gasteiger partial charge in [0.1, 0.15) is 5.82 Å².